The summed E-state index contributed by atoms with van der Waals surface area (Å²) in [6.45, 7) is 0. The third-order valence-electron chi connectivity index (χ3n) is 3.97. The second-order valence-corrected chi connectivity index (χ2v) is 5.09. The molecule has 1 aromatic heterocycles. The normalized spacial score (nSPS) is 16.3. The summed E-state index contributed by atoms with van der Waals surface area (Å²) >= 11 is 0. The number of hydrogen-bond acceptors (Lipinski definition) is 2. The molecule has 5 heteroatoms. The molecule has 4 nitrogen and oxygen atoms in total. The van der Waals surface area contributed by atoms with Crippen LogP contribution in [0.2, 0.25) is 0 Å². The zero-order chi connectivity index (χ0) is 13.6. The molecular weight excluding hydrogens is 247 g/mol. The summed E-state index contributed by atoms with van der Waals surface area (Å²) in [5.41, 5.74) is -0.498. The van der Waals surface area contributed by atoms with Gasteiger partial charge < -0.3 is 0 Å². The van der Waals surface area contributed by atoms with Crippen molar-refractivity contribution in [2.24, 2.45) is 7.05 Å². The standard InChI is InChI=1S/C14H15FN2O2/c1-16-11-8-4-7-10(15)12(11)13(18)17(14(16)19)9-5-2-3-6-9/h4,7-9H,2-3,5-6H2,1H3. The zero-order valence-electron chi connectivity index (χ0n) is 10.7. The Morgan fingerprint density at radius 2 is 1.89 bits per heavy atom. The maximum atomic E-state index is 13.9. The fraction of sp³-hybridized carbons (Fsp3) is 0.429. The number of fused-ring (bicyclic) bond motifs is 1. The van der Waals surface area contributed by atoms with E-state index in [1.54, 1.807) is 13.1 Å². The summed E-state index contributed by atoms with van der Waals surface area (Å²) in [6, 6.07) is 4.28. The Hall–Kier alpha value is -1.91. The number of aryl methyl sites for hydroxylation is 1. The van der Waals surface area contributed by atoms with Crippen molar-refractivity contribution in [2.45, 2.75) is 31.7 Å². The molecule has 1 aliphatic carbocycles. The Morgan fingerprint density at radius 3 is 2.58 bits per heavy atom. The van der Waals surface area contributed by atoms with E-state index < -0.39 is 11.4 Å². The molecule has 1 aliphatic rings. The van der Waals surface area contributed by atoms with Gasteiger partial charge in [-0.3, -0.25) is 13.9 Å². The molecule has 2 aromatic rings. The third kappa shape index (κ3) is 1.72. The predicted molar refractivity (Wildman–Crippen MR) is 70.9 cm³/mol. The van der Waals surface area contributed by atoms with Crippen LogP contribution in [-0.4, -0.2) is 9.13 Å². The SMILES string of the molecule is Cn1c(=O)n(C2CCCC2)c(=O)c2c(F)cccc21. The van der Waals surface area contributed by atoms with E-state index >= 15 is 0 Å². The Labute approximate surface area is 109 Å². The lowest BCUT2D eigenvalue weighted by molar-refractivity contribution is 0.469. The Morgan fingerprint density at radius 1 is 1.21 bits per heavy atom. The summed E-state index contributed by atoms with van der Waals surface area (Å²) in [5, 5.41) is 0.0106. The largest absolute Gasteiger partial charge is 0.331 e. The minimum atomic E-state index is -0.565. The van der Waals surface area contributed by atoms with Crippen LogP contribution in [0.4, 0.5) is 4.39 Å². The van der Waals surface area contributed by atoms with E-state index in [2.05, 4.69) is 0 Å². The smallest absolute Gasteiger partial charge is 0.296 e. The highest BCUT2D eigenvalue weighted by atomic mass is 19.1. The second-order valence-electron chi connectivity index (χ2n) is 5.09. The average Bonchev–Trinajstić information content (AvgIpc) is 2.90. The molecule has 19 heavy (non-hydrogen) atoms. The molecule has 0 N–H and O–H groups in total. The number of benzene rings is 1. The van der Waals surface area contributed by atoms with Gasteiger partial charge in [-0.05, 0) is 25.0 Å². The van der Waals surface area contributed by atoms with Crippen LogP contribution in [0.15, 0.2) is 27.8 Å². The first-order valence-electron chi connectivity index (χ1n) is 6.51. The van der Waals surface area contributed by atoms with Crippen molar-refractivity contribution in [2.75, 3.05) is 0 Å². The predicted octanol–water partition coefficient (Wildman–Crippen LogP) is 1.95. The highest BCUT2D eigenvalue weighted by Crippen LogP contribution is 2.27. The molecule has 0 amide bonds. The molecule has 3 rings (SSSR count). The molecular formula is C14H15FN2O2. The maximum Gasteiger partial charge on any atom is 0.331 e. The minimum absolute atomic E-state index is 0.0106. The van der Waals surface area contributed by atoms with Crippen molar-refractivity contribution < 1.29 is 4.39 Å². The summed E-state index contributed by atoms with van der Waals surface area (Å²) in [7, 11) is 1.58. The van der Waals surface area contributed by atoms with Gasteiger partial charge in [0, 0.05) is 13.1 Å². The Bertz CT molecular complexity index is 754. The summed E-state index contributed by atoms with van der Waals surface area (Å²) in [6.07, 6.45) is 3.65. The van der Waals surface area contributed by atoms with E-state index in [0.717, 1.165) is 25.7 Å². The molecule has 1 saturated carbocycles. The van der Waals surface area contributed by atoms with Crippen LogP contribution in [0.25, 0.3) is 10.9 Å². The van der Waals surface area contributed by atoms with Gasteiger partial charge in [0.25, 0.3) is 5.56 Å². The van der Waals surface area contributed by atoms with E-state index in [-0.39, 0.29) is 17.1 Å². The van der Waals surface area contributed by atoms with Gasteiger partial charge in [-0.25, -0.2) is 9.18 Å². The van der Waals surface area contributed by atoms with Crippen LogP contribution >= 0.6 is 0 Å². The van der Waals surface area contributed by atoms with Crippen LogP contribution in [0.5, 0.6) is 0 Å². The van der Waals surface area contributed by atoms with E-state index in [4.69, 9.17) is 0 Å². The molecule has 1 aromatic carbocycles. The van der Waals surface area contributed by atoms with Crippen molar-refractivity contribution in [3.05, 3.63) is 44.9 Å². The molecule has 0 unspecified atom stereocenters. The van der Waals surface area contributed by atoms with Crippen molar-refractivity contribution in [3.63, 3.8) is 0 Å². The number of nitrogens with zero attached hydrogens (tertiary/aromatic N) is 2. The fourth-order valence-electron chi connectivity index (χ4n) is 2.96. The van der Waals surface area contributed by atoms with Gasteiger partial charge in [-0.1, -0.05) is 18.9 Å². The highest BCUT2D eigenvalue weighted by molar-refractivity contribution is 5.78. The highest BCUT2D eigenvalue weighted by Gasteiger charge is 2.23. The van der Waals surface area contributed by atoms with Gasteiger partial charge in [-0.2, -0.15) is 0 Å². The van der Waals surface area contributed by atoms with Crippen LogP contribution in [0.1, 0.15) is 31.7 Å². The van der Waals surface area contributed by atoms with Crippen molar-refractivity contribution in [3.8, 4) is 0 Å². The average molecular weight is 262 g/mol. The molecule has 1 fully saturated rings. The van der Waals surface area contributed by atoms with Gasteiger partial charge in [0.15, 0.2) is 0 Å². The van der Waals surface area contributed by atoms with Crippen LogP contribution in [0.3, 0.4) is 0 Å². The monoisotopic (exact) mass is 262 g/mol. The maximum absolute atomic E-state index is 13.9. The van der Waals surface area contributed by atoms with E-state index in [1.807, 2.05) is 0 Å². The quantitative estimate of drug-likeness (QED) is 0.788. The lowest BCUT2D eigenvalue weighted by atomic mass is 10.2. The molecule has 0 bridgehead atoms. The fourth-order valence-corrected chi connectivity index (χ4v) is 2.96. The molecule has 0 aliphatic heterocycles. The van der Waals surface area contributed by atoms with E-state index in [0.29, 0.717) is 5.52 Å². The number of aromatic nitrogens is 2. The van der Waals surface area contributed by atoms with Gasteiger partial charge in [0.2, 0.25) is 0 Å². The molecule has 1 heterocycles. The van der Waals surface area contributed by atoms with Crippen molar-refractivity contribution in [1.29, 1.82) is 0 Å². The Kier molecular flexibility index (Phi) is 2.77. The molecule has 0 radical (unpaired) electrons. The first-order valence-corrected chi connectivity index (χ1v) is 6.51. The van der Waals surface area contributed by atoms with Gasteiger partial charge in [0.05, 0.1) is 10.9 Å². The first kappa shape index (κ1) is 12.1. The molecule has 0 atom stereocenters. The second kappa shape index (κ2) is 4.33. The lowest BCUT2D eigenvalue weighted by Crippen LogP contribution is -2.41. The Balaban J connectivity index is 2.43. The molecule has 0 spiro atoms. The number of halogens is 1. The van der Waals surface area contributed by atoms with Gasteiger partial charge in [-0.15, -0.1) is 0 Å². The molecule has 100 valence electrons. The van der Waals surface area contributed by atoms with E-state index in [9.17, 15) is 14.0 Å². The van der Waals surface area contributed by atoms with E-state index in [1.165, 1.54) is 21.3 Å². The van der Waals surface area contributed by atoms with Crippen LogP contribution < -0.4 is 11.2 Å². The van der Waals surface area contributed by atoms with Crippen molar-refractivity contribution >= 4 is 10.9 Å². The zero-order valence-corrected chi connectivity index (χ0v) is 10.7. The minimum Gasteiger partial charge on any atom is -0.296 e. The topological polar surface area (TPSA) is 44.0 Å². The number of rotatable bonds is 1. The van der Waals surface area contributed by atoms with Crippen LogP contribution in [-0.2, 0) is 7.05 Å². The summed E-state index contributed by atoms with van der Waals surface area (Å²) in [4.78, 5) is 24.7. The number of hydrogen-bond donors (Lipinski definition) is 0. The summed E-state index contributed by atoms with van der Waals surface area (Å²) in [5.74, 6) is -0.565. The lowest BCUT2D eigenvalue weighted by Gasteiger charge is -2.15. The van der Waals surface area contributed by atoms with Gasteiger partial charge >= 0.3 is 5.69 Å². The molecule has 0 saturated heterocycles. The first-order chi connectivity index (χ1) is 9.11. The summed E-state index contributed by atoms with van der Waals surface area (Å²) < 4.78 is 16.5. The third-order valence-corrected chi connectivity index (χ3v) is 3.97. The van der Waals surface area contributed by atoms with Gasteiger partial charge in [0.1, 0.15) is 5.82 Å². The van der Waals surface area contributed by atoms with Crippen LogP contribution in [0, 0.1) is 5.82 Å². The van der Waals surface area contributed by atoms with Crippen molar-refractivity contribution in [1.82, 2.24) is 9.13 Å².